The summed E-state index contributed by atoms with van der Waals surface area (Å²) >= 11 is 0. The normalized spacial score (nSPS) is 16.8. The molecule has 1 atom stereocenters. The lowest BCUT2D eigenvalue weighted by atomic mass is 9.99. The van der Waals surface area contributed by atoms with Crippen molar-refractivity contribution in [2.24, 2.45) is 0 Å². The third-order valence-electron chi connectivity index (χ3n) is 5.16. The van der Waals surface area contributed by atoms with Crippen molar-refractivity contribution in [1.29, 1.82) is 0 Å². The van der Waals surface area contributed by atoms with Crippen LogP contribution in [0.25, 0.3) is 0 Å². The van der Waals surface area contributed by atoms with Crippen molar-refractivity contribution >= 4 is 25.7 Å². The summed E-state index contributed by atoms with van der Waals surface area (Å²) in [6.07, 6.45) is 2.67. The second kappa shape index (κ2) is 8.23. The Balaban J connectivity index is 1.83. The molecule has 0 radical (unpaired) electrons. The van der Waals surface area contributed by atoms with Crippen molar-refractivity contribution in [3.63, 3.8) is 0 Å². The number of anilines is 1. The van der Waals surface area contributed by atoms with E-state index in [0.29, 0.717) is 19.0 Å². The molecule has 1 fully saturated rings. The summed E-state index contributed by atoms with van der Waals surface area (Å²) in [6, 6.07) is 12.8. The molecule has 1 heterocycles. The van der Waals surface area contributed by atoms with Gasteiger partial charge in [-0.15, -0.1) is 0 Å². The number of hydrogen-bond acceptors (Lipinski definition) is 4. The molecule has 1 aliphatic rings. The van der Waals surface area contributed by atoms with Gasteiger partial charge < -0.3 is 0 Å². The predicted octanol–water partition coefficient (Wildman–Crippen LogP) is 3.79. The van der Waals surface area contributed by atoms with Crippen LogP contribution in [0.2, 0.25) is 0 Å². The van der Waals surface area contributed by atoms with E-state index in [1.165, 1.54) is 16.4 Å². The summed E-state index contributed by atoms with van der Waals surface area (Å²) in [5, 5.41) is 0. The Labute approximate surface area is 167 Å². The molecule has 0 bridgehead atoms. The highest BCUT2D eigenvalue weighted by Gasteiger charge is 2.27. The van der Waals surface area contributed by atoms with Crippen molar-refractivity contribution in [2.75, 3.05) is 17.8 Å². The SMILES string of the molecule is CC[C@H](C)c1ccc(S(=O)(=O)Nc2cccc(S(=O)(=O)N3CCCC3)c2)cc1. The maximum atomic E-state index is 12.7. The van der Waals surface area contributed by atoms with E-state index < -0.39 is 20.0 Å². The largest absolute Gasteiger partial charge is 0.280 e. The van der Waals surface area contributed by atoms with Crippen LogP contribution in [0.4, 0.5) is 5.69 Å². The van der Waals surface area contributed by atoms with Gasteiger partial charge in [-0.25, -0.2) is 16.8 Å². The topological polar surface area (TPSA) is 83.5 Å². The van der Waals surface area contributed by atoms with E-state index in [1.807, 2.05) is 12.1 Å². The molecule has 0 saturated carbocycles. The van der Waals surface area contributed by atoms with Gasteiger partial charge in [0, 0.05) is 13.1 Å². The second-order valence-electron chi connectivity index (χ2n) is 7.12. The maximum absolute atomic E-state index is 12.7. The Morgan fingerprint density at radius 2 is 1.61 bits per heavy atom. The molecule has 1 N–H and O–H groups in total. The fourth-order valence-electron chi connectivity index (χ4n) is 3.22. The first-order valence-corrected chi connectivity index (χ1v) is 12.4. The van der Waals surface area contributed by atoms with Crippen molar-refractivity contribution in [3.05, 3.63) is 54.1 Å². The summed E-state index contributed by atoms with van der Waals surface area (Å²) in [5.41, 5.74) is 1.31. The fraction of sp³-hybridized carbons (Fsp3) is 0.400. The summed E-state index contributed by atoms with van der Waals surface area (Å²) in [6.45, 7) is 5.18. The minimum Gasteiger partial charge on any atom is -0.280 e. The quantitative estimate of drug-likeness (QED) is 0.736. The van der Waals surface area contributed by atoms with E-state index in [0.717, 1.165) is 24.8 Å². The van der Waals surface area contributed by atoms with Crippen LogP contribution in [0.1, 0.15) is 44.6 Å². The zero-order valence-corrected chi connectivity index (χ0v) is 17.8. The van der Waals surface area contributed by atoms with Gasteiger partial charge in [0.2, 0.25) is 10.0 Å². The third kappa shape index (κ3) is 4.39. The molecule has 152 valence electrons. The summed E-state index contributed by atoms with van der Waals surface area (Å²) in [7, 11) is -7.40. The van der Waals surface area contributed by atoms with Gasteiger partial charge in [0.15, 0.2) is 0 Å². The predicted molar refractivity (Wildman–Crippen MR) is 110 cm³/mol. The minimum atomic E-state index is -3.80. The molecule has 8 heteroatoms. The number of nitrogens with zero attached hydrogens (tertiary/aromatic N) is 1. The fourth-order valence-corrected chi connectivity index (χ4v) is 5.84. The molecule has 2 aromatic carbocycles. The van der Waals surface area contributed by atoms with Gasteiger partial charge >= 0.3 is 0 Å². The molecule has 3 rings (SSSR count). The summed E-state index contributed by atoms with van der Waals surface area (Å²) < 4.78 is 54.7. The first kappa shape index (κ1) is 20.8. The zero-order chi connectivity index (χ0) is 20.4. The van der Waals surface area contributed by atoms with E-state index in [9.17, 15) is 16.8 Å². The Hall–Kier alpha value is -1.90. The van der Waals surface area contributed by atoms with Gasteiger partial charge in [0.05, 0.1) is 15.5 Å². The van der Waals surface area contributed by atoms with Crippen LogP contribution in [-0.2, 0) is 20.0 Å². The van der Waals surface area contributed by atoms with E-state index >= 15 is 0 Å². The Kier molecular flexibility index (Phi) is 6.12. The smallest absolute Gasteiger partial charge is 0.261 e. The highest BCUT2D eigenvalue weighted by molar-refractivity contribution is 7.92. The highest BCUT2D eigenvalue weighted by atomic mass is 32.2. The molecular weight excluding hydrogens is 396 g/mol. The van der Waals surface area contributed by atoms with Gasteiger partial charge in [-0.05, 0) is 61.1 Å². The highest BCUT2D eigenvalue weighted by Crippen LogP contribution is 2.25. The van der Waals surface area contributed by atoms with Crippen LogP contribution < -0.4 is 4.72 Å². The first-order chi connectivity index (χ1) is 13.2. The molecule has 0 unspecified atom stereocenters. The molecule has 6 nitrogen and oxygen atoms in total. The maximum Gasteiger partial charge on any atom is 0.261 e. The molecule has 0 amide bonds. The lowest BCUT2D eigenvalue weighted by Gasteiger charge is -2.16. The van der Waals surface area contributed by atoms with Crippen LogP contribution in [0.15, 0.2) is 58.3 Å². The van der Waals surface area contributed by atoms with Crippen LogP contribution in [0, 0.1) is 0 Å². The first-order valence-electron chi connectivity index (χ1n) is 9.47. The van der Waals surface area contributed by atoms with Crippen LogP contribution >= 0.6 is 0 Å². The average Bonchev–Trinajstić information content (AvgIpc) is 3.23. The molecular formula is C20H26N2O4S2. The number of benzene rings is 2. The van der Waals surface area contributed by atoms with E-state index in [2.05, 4.69) is 18.6 Å². The zero-order valence-electron chi connectivity index (χ0n) is 16.1. The number of rotatable bonds is 7. The van der Waals surface area contributed by atoms with Gasteiger partial charge in [0.1, 0.15) is 0 Å². The van der Waals surface area contributed by atoms with Crippen molar-refractivity contribution < 1.29 is 16.8 Å². The van der Waals surface area contributed by atoms with Crippen molar-refractivity contribution in [1.82, 2.24) is 4.31 Å². The van der Waals surface area contributed by atoms with Gasteiger partial charge in [-0.3, -0.25) is 4.72 Å². The Morgan fingerprint density at radius 1 is 0.964 bits per heavy atom. The van der Waals surface area contributed by atoms with Crippen LogP contribution in [0.3, 0.4) is 0 Å². The molecule has 0 spiro atoms. The molecule has 1 saturated heterocycles. The third-order valence-corrected chi connectivity index (χ3v) is 8.45. The summed E-state index contributed by atoms with van der Waals surface area (Å²) in [4.78, 5) is 0.245. The van der Waals surface area contributed by atoms with Crippen molar-refractivity contribution in [3.8, 4) is 0 Å². The minimum absolute atomic E-state index is 0.0988. The Bertz CT molecular complexity index is 1030. The lowest BCUT2D eigenvalue weighted by molar-refractivity contribution is 0.477. The molecule has 28 heavy (non-hydrogen) atoms. The summed E-state index contributed by atoms with van der Waals surface area (Å²) in [5.74, 6) is 0.359. The average molecular weight is 423 g/mol. The number of nitrogens with one attached hydrogen (secondary N) is 1. The van der Waals surface area contributed by atoms with E-state index in [4.69, 9.17) is 0 Å². The Morgan fingerprint density at radius 3 is 2.21 bits per heavy atom. The van der Waals surface area contributed by atoms with E-state index in [-0.39, 0.29) is 15.5 Å². The molecule has 0 aromatic heterocycles. The number of hydrogen-bond donors (Lipinski definition) is 1. The molecule has 0 aliphatic carbocycles. The molecule has 1 aliphatic heterocycles. The molecule has 2 aromatic rings. The van der Waals surface area contributed by atoms with Gasteiger partial charge in [-0.1, -0.05) is 32.0 Å². The van der Waals surface area contributed by atoms with Crippen LogP contribution in [0.5, 0.6) is 0 Å². The van der Waals surface area contributed by atoms with Gasteiger partial charge in [-0.2, -0.15) is 4.31 Å². The monoisotopic (exact) mass is 422 g/mol. The van der Waals surface area contributed by atoms with Crippen LogP contribution in [-0.4, -0.2) is 34.2 Å². The number of sulfonamides is 2. The van der Waals surface area contributed by atoms with Crippen molar-refractivity contribution in [2.45, 2.75) is 48.8 Å². The lowest BCUT2D eigenvalue weighted by Crippen LogP contribution is -2.27. The van der Waals surface area contributed by atoms with Gasteiger partial charge in [0.25, 0.3) is 10.0 Å². The van der Waals surface area contributed by atoms with E-state index in [1.54, 1.807) is 24.3 Å². The second-order valence-corrected chi connectivity index (χ2v) is 10.7. The standard InChI is InChI=1S/C20H26N2O4S2/c1-3-16(2)17-9-11-19(12-10-17)27(23,24)21-18-7-6-8-20(15-18)28(25,26)22-13-4-5-14-22/h6-12,15-16,21H,3-5,13-14H2,1-2H3/t16-/m0/s1.